The molecule has 0 aliphatic heterocycles. The van der Waals surface area contributed by atoms with Crippen LogP contribution in [-0.2, 0) is 4.79 Å². The zero-order chi connectivity index (χ0) is 13.7. The smallest absolute Gasteiger partial charge is 0.221 e. The van der Waals surface area contributed by atoms with Crippen LogP contribution in [0.5, 0.6) is 0 Å². The van der Waals surface area contributed by atoms with Gasteiger partial charge in [-0.2, -0.15) is 5.26 Å². The number of benzene rings is 1. The van der Waals surface area contributed by atoms with Crippen LogP contribution >= 0.6 is 0 Å². The minimum atomic E-state index is -0.0335. The number of para-hydroxylation sites is 1. The third-order valence-electron chi connectivity index (χ3n) is 2.77. The first-order chi connectivity index (χ1) is 9.24. The number of hydrogen-bond acceptors (Lipinski definition) is 4. The number of carbonyl (C=O) groups excluding carboxylic acids is 1. The van der Waals surface area contributed by atoms with Gasteiger partial charge in [0.25, 0.3) is 0 Å². The summed E-state index contributed by atoms with van der Waals surface area (Å²) in [5.41, 5.74) is 1.34. The second-order valence-corrected chi connectivity index (χ2v) is 4.03. The first kappa shape index (κ1) is 12.8. The summed E-state index contributed by atoms with van der Waals surface area (Å²) in [6.07, 6.45) is 0.368. The van der Waals surface area contributed by atoms with E-state index in [0.717, 1.165) is 10.9 Å². The summed E-state index contributed by atoms with van der Waals surface area (Å²) in [5, 5.41) is 15.6. The van der Waals surface area contributed by atoms with Gasteiger partial charge in [0.1, 0.15) is 5.82 Å². The lowest BCUT2D eigenvalue weighted by atomic mass is 10.1. The Labute approximate surface area is 111 Å². The third-order valence-corrected chi connectivity index (χ3v) is 2.77. The molecule has 0 unspecified atom stereocenters. The average Bonchev–Trinajstić information content (AvgIpc) is 2.46. The van der Waals surface area contributed by atoms with E-state index in [2.05, 4.69) is 21.7 Å². The Balaban J connectivity index is 2.20. The van der Waals surface area contributed by atoms with Gasteiger partial charge in [-0.05, 0) is 12.1 Å². The predicted molar refractivity (Wildman–Crippen MR) is 73.6 cm³/mol. The molecule has 5 nitrogen and oxygen atoms in total. The van der Waals surface area contributed by atoms with Gasteiger partial charge in [-0.25, -0.2) is 4.98 Å². The van der Waals surface area contributed by atoms with Gasteiger partial charge in [-0.3, -0.25) is 4.79 Å². The van der Waals surface area contributed by atoms with Crippen molar-refractivity contribution in [2.75, 3.05) is 18.9 Å². The number of nitriles is 1. The maximum atomic E-state index is 11.1. The number of pyridine rings is 1. The number of rotatable bonds is 4. The summed E-state index contributed by atoms with van der Waals surface area (Å²) < 4.78 is 0. The Bertz CT molecular complexity index is 645. The van der Waals surface area contributed by atoms with E-state index < -0.39 is 0 Å². The van der Waals surface area contributed by atoms with Gasteiger partial charge in [0.05, 0.1) is 17.1 Å². The summed E-state index contributed by atoms with van der Waals surface area (Å²) in [7, 11) is 1.60. The number of amides is 1. The van der Waals surface area contributed by atoms with E-state index in [1.165, 1.54) is 0 Å². The average molecular weight is 254 g/mol. The highest BCUT2D eigenvalue weighted by Gasteiger charge is 2.05. The summed E-state index contributed by atoms with van der Waals surface area (Å²) in [5.74, 6) is 0.577. The monoisotopic (exact) mass is 254 g/mol. The van der Waals surface area contributed by atoms with Crippen molar-refractivity contribution in [1.29, 1.82) is 5.26 Å². The van der Waals surface area contributed by atoms with Gasteiger partial charge in [0, 0.05) is 25.4 Å². The van der Waals surface area contributed by atoms with Gasteiger partial charge >= 0.3 is 0 Å². The Hall–Kier alpha value is -2.61. The SMILES string of the molecule is CNC(=O)CCNc1cc(C#N)c2ccccc2n1. The Morgan fingerprint density at radius 2 is 2.21 bits per heavy atom. The predicted octanol–water partition coefficient (Wildman–Crippen LogP) is 1.65. The Morgan fingerprint density at radius 1 is 1.42 bits per heavy atom. The maximum Gasteiger partial charge on any atom is 0.221 e. The van der Waals surface area contributed by atoms with Crippen LogP contribution in [0.1, 0.15) is 12.0 Å². The summed E-state index contributed by atoms with van der Waals surface area (Å²) in [6, 6.07) is 11.4. The molecule has 1 aromatic carbocycles. The van der Waals surface area contributed by atoms with Crippen LogP contribution in [0.4, 0.5) is 5.82 Å². The van der Waals surface area contributed by atoms with Crippen LogP contribution in [-0.4, -0.2) is 24.5 Å². The van der Waals surface area contributed by atoms with Crippen molar-refractivity contribution in [2.24, 2.45) is 0 Å². The molecule has 2 N–H and O–H groups in total. The molecule has 1 amide bonds. The lowest BCUT2D eigenvalue weighted by Crippen LogP contribution is -2.21. The minimum absolute atomic E-state index is 0.0335. The molecule has 19 heavy (non-hydrogen) atoms. The number of anilines is 1. The highest BCUT2D eigenvalue weighted by atomic mass is 16.1. The summed E-state index contributed by atoms with van der Waals surface area (Å²) in [4.78, 5) is 15.5. The van der Waals surface area contributed by atoms with Gasteiger partial charge in [-0.15, -0.1) is 0 Å². The van der Waals surface area contributed by atoms with Crippen LogP contribution in [0.2, 0.25) is 0 Å². The Kier molecular flexibility index (Phi) is 3.94. The summed E-state index contributed by atoms with van der Waals surface area (Å²) >= 11 is 0. The molecule has 1 aromatic heterocycles. The van der Waals surface area contributed by atoms with Crippen molar-refractivity contribution in [1.82, 2.24) is 10.3 Å². The van der Waals surface area contributed by atoms with Crippen molar-refractivity contribution < 1.29 is 4.79 Å². The van der Waals surface area contributed by atoms with E-state index in [9.17, 15) is 4.79 Å². The van der Waals surface area contributed by atoms with Crippen molar-refractivity contribution in [3.05, 3.63) is 35.9 Å². The lowest BCUT2D eigenvalue weighted by molar-refractivity contribution is -0.120. The zero-order valence-corrected chi connectivity index (χ0v) is 10.6. The van der Waals surface area contributed by atoms with Crippen molar-refractivity contribution in [2.45, 2.75) is 6.42 Å². The van der Waals surface area contributed by atoms with Crippen molar-refractivity contribution >= 4 is 22.6 Å². The second kappa shape index (κ2) is 5.83. The molecule has 1 heterocycles. The molecule has 0 saturated carbocycles. The van der Waals surface area contributed by atoms with Crippen LogP contribution < -0.4 is 10.6 Å². The lowest BCUT2D eigenvalue weighted by Gasteiger charge is -2.07. The zero-order valence-electron chi connectivity index (χ0n) is 10.6. The van der Waals surface area contributed by atoms with Gasteiger partial charge < -0.3 is 10.6 Å². The number of hydrogen-bond donors (Lipinski definition) is 2. The van der Waals surface area contributed by atoms with Gasteiger partial charge in [0.2, 0.25) is 5.91 Å². The molecule has 0 saturated heterocycles. The highest BCUT2D eigenvalue weighted by molar-refractivity contribution is 5.86. The molecule has 0 atom stereocenters. The van der Waals surface area contributed by atoms with Gasteiger partial charge in [-0.1, -0.05) is 18.2 Å². The summed E-state index contributed by atoms with van der Waals surface area (Å²) in [6.45, 7) is 0.482. The Morgan fingerprint density at radius 3 is 2.95 bits per heavy atom. The quantitative estimate of drug-likeness (QED) is 0.869. The fourth-order valence-electron chi connectivity index (χ4n) is 1.79. The first-order valence-corrected chi connectivity index (χ1v) is 5.99. The molecule has 0 spiro atoms. The van der Waals surface area contributed by atoms with E-state index >= 15 is 0 Å². The van der Waals surface area contributed by atoms with Gasteiger partial charge in [0.15, 0.2) is 0 Å². The van der Waals surface area contributed by atoms with Crippen LogP contribution in [0.3, 0.4) is 0 Å². The van der Waals surface area contributed by atoms with E-state index in [0.29, 0.717) is 24.3 Å². The number of aromatic nitrogens is 1. The molecule has 0 aliphatic rings. The highest BCUT2D eigenvalue weighted by Crippen LogP contribution is 2.19. The molecule has 0 bridgehead atoms. The maximum absolute atomic E-state index is 11.1. The molecule has 5 heteroatoms. The number of fused-ring (bicyclic) bond motifs is 1. The minimum Gasteiger partial charge on any atom is -0.369 e. The number of nitrogens with one attached hydrogen (secondary N) is 2. The largest absolute Gasteiger partial charge is 0.369 e. The van der Waals surface area contributed by atoms with E-state index in [4.69, 9.17) is 5.26 Å². The molecule has 0 fully saturated rings. The molecular weight excluding hydrogens is 240 g/mol. The molecule has 2 aromatic rings. The fourth-order valence-corrected chi connectivity index (χ4v) is 1.79. The van der Waals surface area contributed by atoms with E-state index in [1.54, 1.807) is 13.1 Å². The standard InChI is InChI=1S/C14H14N4O/c1-16-14(19)6-7-17-13-8-10(9-15)11-4-2-3-5-12(11)18-13/h2-5,8H,6-7H2,1H3,(H,16,19)(H,17,18). The topological polar surface area (TPSA) is 77.8 Å². The van der Waals surface area contributed by atoms with Crippen LogP contribution in [0.15, 0.2) is 30.3 Å². The third kappa shape index (κ3) is 2.99. The molecular formula is C14H14N4O. The molecule has 2 rings (SSSR count). The first-order valence-electron chi connectivity index (χ1n) is 5.99. The van der Waals surface area contributed by atoms with E-state index in [-0.39, 0.29) is 5.91 Å². The van der Waals surface area contributed by atoms with Crippen molar-refractivity contribution in [3.63, 3.8) is 0 Å². The molecule has 0 radical (unpaired) electrons. The van der Waals surface area contributed by atoms with Crippen LogP contribution in [0, 0.1) is 11.3 Å². The van der Waals surface area contributed by atoms with E-state index in [1.807, 2.05) is 24.3 Å². The second-order valence-electron chi connectivity index (χ2n) is 4.03. The van der Waals surface area contributed by atoms with Crippen LogP contribution in [0.25, 0.3) is 10.9 Å². The fraction of sp³-hybridized carbons (Fsp3) is 0.214. The molecule has 96 valence electrons. The normalized spacial score (nSPS) is 9.89. The molecule has 0 aliphatic carbocycles. The number of nitrogens with zero attached hydrogens (tertiary/aromatic N) is 2. The van der Waals surface area contributed by atoms with Crippen molar-refractivity contribution in [3.8, 4) is 6.07 Å². The number of carbonyl (C=O) groups is 1.